The van der Waals surface area contributed by atoms with Crippen LogP contribution in [0.15, 0.2) is 12.4 Å². The van der Waals surface area contributed by atoms with E-state index in [1.807, 2.05) is 29.4 Å². The van der Waals surface area contributed by atoms with E-state index in [1.54, 1.807) is 6.20 Å². The molecule has 3 rings (SSSR count). The monoisotopic (exact) mass is 336 g/mol. The highest BCUT2D eigenvalue weighted by molar-refractivity contribution is 7.98. The molecule has 1 saturated heterocycles. The van der Waals surface area contributed by atoms with Gasteiger partial charge in [0.05, 0.1) is 0 Å². The second-order valence-corrected chi connectivity index (χ2v) is 7.87. The van der Waals surface area contributed by atoms with Gasteiger partial charge in [-0.3, -0.25) is 4.79 Å². The van der Waals surface area contributed by atoms with Crippen LogP contribution in [0.25, 0.3) is 0 Å². The number of aromatic nitrogens is 2. The van der Waals surface area contributed by atoms with E-state index in [1.165, 1.54) is 25.0 Å². The van der Waals surface area contributed by atoms with Crippen molar-refractivity contribution in [1.29, 1.82) is 0 Å². The van der Waals surface area contributed by atoms with Crippen LogP contribution in [-0.4, -0.2) is 58.0 Å². The summed E-state index contributed by atoms with van der Waals surface area (Å²) in [5.74, 6) is 3.72. The van der Waals surface area contributed by atoms with Crippen LogP contribution in [0.4, 0.5) is 0 Å². The summed E-state index contributed by atoms with van der Waals surface area (Å²) in [5.41, 5.74) is 0. The Morgan fingerprint density at radius 3 is 2.91 bits per heavy atom. The maximum atomic E-state index is 12.4. The maximum absolute atomic E-state index is 12.4. The van der Waals surface area contributed by atoms with Crippen LogP contribution in [0.3, 0.4) is 0 Å². The minimum atomic E-state index is 0.118. The van der Waals surface area contributed by atoms with E-state index in [0.29, 0.717) is 18.5 Å². The standard InChI is InChI=1S/C17H28N4OS/c1-13-18-6-8-21(13)12-17(22)19-16-11-20(7-3-9-23-2)10-15(16)14-4-5-14/h6,8,14-16H,3-5,7,9-12H2,1-2H3,(H,19,22)/t15-,16+/m1/s1. The number of hydrogen-bond acceptors (Lipinski definition) is 4. The Balaban J connectivity index is 1.52. The molecule has 128 valence electrons. The van der Waals surface area contributed by atoms with Gasteiger partial charge >= 0.3 is 0 Å². The third-order valence-corrected chi connectivity index (χ3v) is 5.77. The number of aryl methyl sites for hydroxylation is 1. The van der Waals surface area contributed by atoms with Crippen molar-refractivity contribution < 1.29 is 4.79 Å². The number of amides is 1. The highest BCUT2D eigenvalue weighted by Gasteiger charge is 2.42. The number of thioether (sulfide) groups is 1. The number of carbonyl (C=O) groups is 1. The second-order valence-electron chi connectivity index (χ2n) is 6.88. The van der Waals surface area contributed by atoms with E-state index in [-0.39, 0.29) is 5.91 Å². The Morgan fingerprint density at radius 2 is 2.26 bits per heavy atom. The van der Waals surface area contributed by atoms with Crippen LogP contribution in [0.2, 0.25) is 0 Å². The van der Waals surface area contributed by atoms with Gasteiger partial charge in [0.25, 0.3) is 0 Å². The summed E-state index contributed by atoms with van der Waals surface area (Å²) in [5, 5.41) is 3.30. The Kier molecular flexibility index (Phi) is 5.64. The van der Waals surface area contributed by atoms with Gasteiger partial charge in [0.1, 0.15) is 12.4 Å². The first kappa shape index (κ1) is 16.8. The lowest BCUT2D eigenvalue weighted by molar-refractivity contribution is -0.122. The van der Waals surface area contributed by atoms with Gasteiger partial charge in [-0.2, -0.15) is 11.8 Å². The fraction of sp³-hybridized carbons (Fsp3) is 0.765. The van der Waals surface area contributed by atoms with Gasteiger partial charge in [-0.25, -0.2) is 4.98 Å². The predicted octanol–water partition coefficient (Wildman–Crippen LogP) is 1.77. The van der Waals surface area contributed by atoms with Crippen molar-refractivity contribution in [2.24, 2.45) is 11.8 Å². The summed E-state index contributed by atoms with van der Waals surface area (Å²) in [6.07, 6.45) is 9.72. The van der Waals surface area contributed by atoms with Gasteiger partial charge in [-0.05, 0) is 56.6 Å². The van der Waals surface area contributed by atoms with Crippen molar-refractivity contribution in [1.82, 2.24) is 19.8 Å². The average molecular weight is 337 g/mol. The fourth-order valence-electron chi connectivity index (χ4n) is 3.66. The van der Waals surface area contributed by atoms with Crippen LogP contribution >= 0.6 is 11.8 Å². The molecule has 6 heteroatoms. The van der Waals surface area contributed by atoms with E-state index in [0.717, 1.165) is 31.4 Å². The number of carbonyl (C=O) groups excluding carboxylic acids is 1. The van der Waals surface area contributed by atoms with Crippen molar-refractivity contribution in [2.45, 2.75) is 38.8 Å². The van der Waals surface area contributed by atoms with Crippen molar-refractivity contribution >= 4 is 17.7 Å². The number of nitrogens with one attached hydrogen (secondary N) is 1. The zero-order chi connectivity index (χ0) is 16.2. The Hall–Kier alpha value is -1.01. The highest BCUT2D eigenvalue weighted by atomic mass is 32.2. The van der Waals surface area contributed by atoms with E-state index < -0.39 is 0 Å². The molecule has 2 atom stereocenters. The summed E-state index contributed by atoms with van der Waals surface area (Å²) in [4.78, 5) is 19.1. The van der Waals surface area contributed by atoms with Gasteiger partial charge in [0.2, 0.25) is 5.91 Å². The van der Waals surface area contributed by atoms with E-state index in [2.05, 4.69) is 21.5 Å². The lowest BCUT2D eigenvalue weighted by Crippen LogP contribution is -2.42. The summed E-state index contributed by atoms with van der Waals surface area (Å²) in [6, 6.07) is 0.327. The van der Waals surface area contributed by atoms with Gasteiger partial charge in [-0.15, -0.1) is 0 Å². The van der Waals surface area contributed by atoms with Crippen molar-refractivity contribution in [3.63, 3.8) is 0 Å². The van der Waals surface area contributed by atoms with Gasteiger partial charge in [0, 0.05) is 31.5 Å². The number of imidazole rings is 1. The molecule has 0 aromatic carbocycles. The minimum Gasteiger partial charge on any atom is -0.350 e. The number of nitrogens with zero attached hydrogens (tertiary/aromatic N) is 3. The van der Waals surface area contributed by atoms with Gasteiger partial charge < -0.3 is 14.8 Å². The Morgan fingerprint density at radius 1 is 1.43 bits per heavy atom. The SMILES string of the molecule is CSCCCN1C[C@H](NC(=O)Cn2ccnc2C)[C@@H](C2CC2)C1. The van der Waals surface area contributed by atoms with Crippen LogP contribution in [0.1, 0.15) is 25.1 Å². The predicted molar refractivity (Wildman–Crippen MR) is 94.5 cm³/mol. The lowest BCUT2D eigenvalue weighted by atomic mass is 9.98. The largest absolute Gasteiger partial charge is 0.350 e. The van der Waals surface area contributed by atoms with Crippen LogP contribution in [0, 0.1) is 18.8 Å². The molecule has 2 aliphatic rings. The lowest BCUT2D eigenvalue weighted by Gasteiger charge is -2.20. The van der Waals surface area contributed by atoms with E-state index in [9.17, 15) is 4.79 Å². The molecule has 2 heterocycles. The first-order chi connectivity index (χ1) is 11.2. The molecule has 1 aliphatic carbocycles. The van der Waals surface area contributed by atoms with Crippen molar-refractivity contribution in [3.8, 4) is 0 Å². The molecule has 1 aromatic heterocycles. The third kappa shape index (κ3) is 4.51. The zero-order valence-corrected chi connectivity index (χ0v) is 15.0. The zero-order valence-electron chi connectivity index (χ0n) is 14.2. The smallest absolute Gasteiger partial charge is 0.240 e. The average Bonchev–Trinajstić information content (AvgIpc) is 3.18. The molecular formula is C17H28N4OS. The molecule has 1 aromatic rings. The first-order valence-corrected chi connectivity index (χ1v) is 10.0. The van der Waals surface area contributed by atoms with Crippen LogP contribution in [-0.2, 0) is 11.3 Å². The van der Waals surface area contributed by atoms with Crippen LogP contribution < -0.4 is 5.32 Å². The molecule has 1 saturated carbocycles. The Labute approximate surface area is 143 Å². The molecule has 1 amide bonds. The number of hydrogen-bond donors (Lipinski definition) is 1. The maximum Gasteiger partial charge on any atom is 0.240 e. The summed E-state index contributed by atoms with van der Waals surface area (Å²) in [6.45, 7) is 5.66. The van der Waals surface area contributed by atoms with Crippen molar-refractivity contribution in [2.75, 3.05) is 31.6 Å². The fourth-order valence-corrected chi connectivity index (χ4v) is 4.08. The molecular weight excluding hydrogens is 308 g/mol. The topological polar surface area (TPSA) is 50.2 Å². The van der Waals surface area contributed by atoms with E-state index in [4.69, 9.17) is 0 Å². The molecule has 0 unspecified atom stereocenters. The third-order valence-electron chi connectivity index (χ3n) is 5.08. The van der Waals surface area contributed by atoms with Gasteiger partial charge in [0.15, 0.2) is 0 Å². The normalized spacial score (nSPS) is 25.0. The second kappa shape index (κ2) is 7.71. The molecule has 5 nitrogen and oxygen atoms in total. The molecule has 2 fully saturated rings. The first-order valence-electron chi connectivity index (χ1n) is 8.65. The van der Waals surface area contributed by atoms with Crippen LogP contribution in [0.5, 0.6) is 0 Å². The summed E-state index contributed by atoms with van der Waals surface area (Å²) < 4.78 is 1.91. The molecule has 0 bridgehead atoms. The molecule has 1 N–H and O–H groups in total. The number of likely N-dealkylation sites (tertiary alicyclic amines) is 1. The highest BCUT2D eigenvalue weighted by Crippen LogP contribution is 2.41. The number of rotatable bonds is 8. The molecule has 0 spiro atoms. The minimum absolute atomic E-state index is 0.118. The summed E-state index contributed by atoms with van der Waals surface area (Å²) in [7, 11) is 0. The summed E-state index contributed by atoms with van der Waals surface area (Å²) >= 11 is 1.91. The van der Waals surface area contributed by atoms with E-state index >= 15 is 0 Å². The quantitative estimate of drug-likeness (QED) is 0.735. The molecule has 1 aliphatic heterocycles. The van der Waals surface area contributed by atoms with Crippen molar-refractivity contribution in [3.05, 3.63) is 18.2 Å². The van der Waals surface area contributed by atoms with Gasteiger partial charge in [-0.1, -0.05) is 0 Å². The molecule has 23 heavy (non-hydrogen) atoms. The molecule has 0 radical (unpaired) electrons. The Bertz CT molecular complexity index is 528.